The van der Waals surface area contributed by atoms with Crippen LogP contribution in [-0.4, -0.2) is 41.3 Å². The minimum absolute atomic E-state index is 0.406. The number of carbonyl (C=O) groups is 1. The van der Waals surface area contributed by atoms with Crippen LogP contribution in [-0.2, 0) is 4.79 Å². The number of hydrogen-bond donors (Lipinski definition) is 0. The molecule has 12 heavy (non-hydrogen) atoms. The summed E-state index contributed by atoms with van der Waals surface area (Å²) >= 11 is 1.95. The Morgan fingerprint density at radius 2 is 2.42 bits per heavy atom. The molecule has 0 aliphatic carbocycles. The van der Waals surface area contributed by atoms with Crippen molar-refractivity contribution in [2.24, 2.45) is 0 Å². The number of Topliss-reactive ketones (excluding diaryl/α,β-unsaturated/α-hetero) is 1. The molecule has 1 aliphatic heterocycles. The quantitative estimate of drug-likeness (QED) is 0.663. The van der Waals surface area contributed by atoms with Crippen LogP contribution < -0.4 is 0 Å². The average molecular weight is 187 g/mol. The Morgan fingerprint density at radius 3 is 2.92 bits per heavy atom. The Kier molecular flexibility index (Phi) is 4.09. The van der Waals surface area contributed by atoms with E-state index in [0.29, 0.717) is 18.4 Å². The Balaban J connectivity index is 2.23. The largest absolute Gasteiger partial charge is 0.298 e. The van der Waals surface area contributed by atoms with Crippen molar-refractivity contribution in [3.8, 4) is 0 Å². The van der Waals surface area contributed by atoms with E-state index < -0.39 is 0 Å². The Bertz CT molecular complexity index is 161. The fourth-order valence-electron chi connectivity index (χ4n) is 1.42. The molecule has 0 N–H and O–H groups in total. The molecule has 3 heteroatoms. The molecular formula is C9H17NOS. The lowest BCUT2D eigenvalue weighted by molar-refractivity contribution is -0.117. The van der Waals surface area contributed by atoms with Crippen LogP contribution in [0.25, 0.3) is 0 Å². The van der Waals surface area contributed by atoms with E-state index >= 15 is 0 Å². The van der Waals surface area contributed by atoms with Crippen molar-refractivity contribution in [2.75, 3.05) is 24.6 Å². The lowest BCUT2D eigenvalue weighted by Gasteiger charge is -2.21. The van der Waals surface area contributed by atoms with Gasteiger partial charge in [-0.25, -0.2) is 0 Å². The second-order valence-corrected chi connectivity index (χ2v) is 4.59. The SMILES string of the molecule is CCSCC(C)N1CCC(=O)C1. The molecule has 0 radical (unpaired) electrons. The molecule has 1 atom stereocenters. The average Bonchev–Trinajstić information content (AvgIpc) is 2.47. The molecule has 1 aliphatic rings. The molecule has 1 saturated heterocycles. The zero-order chi connectivity index (χ0) is 8.97. The van der Waals surface area contributed by atoms with Gasteiger partial charge in [-0.1, -0.05) is 6.92 Å². The van der Waals surface area contributed by atoms with Crippen LogP contribution in [0.2, 0.25) is 0 Å². The van der Waals surface area contributed by atoms with Gasteiger partial charge in [-0.15, -0.1) is 0 Å². The zero-order valence-corrected chi connectivity index (χ0v) is 8.69. The maximum Gasteiger partial charge on any atom is 0.148 e. The molecule has 0 saturated carbocycles. The number of ketones is 1. The highest BCUT2D eigenvalue weighted by molar-refractivity contribution is 7.99. The standard InChI is InChI=1S/C9H17NOS/c1-3-12-7-8(2)10-5-4-9(11)6-10/h8H,3-7H2,1-2H3. The molecule has 0 spiro atoms. The fraction of sp³-hybridized carbons (Fsp3) is 0.889. The molecule has 1 rings (SSSR count). The molecule has 70 valence electrons. The summed E-state index contributed by atoms with van der Waals surface area (Å²) in [4.78, 5) is 13.3. The predicted octanol–water partition coefficient (Wildman–Crippen LogP) is 1.40. The molecule has 1 heterocycles. The second-order valence-electron chi connectivity index (χ2n) is 3.27. The van der Waals surface area contributed by atoms with Gasteiger partial charge in [-0.05, 0) is 12.7 Å². The van der Waals surface area contributed by atoms with Crippen molar-refractivity contribution in [3.05, 3.63) is 0 Å². The van der Waals surface area contributed by atoms with Crippen molar-refractivity contribution < 1.29 is 4.79 Å². The van der Waals surface area contributed by atoms with Gasteiger partial charge in [0, 0.05) is 24.8 Å². The maximum absolute atomic E-state index is 11.0. The summed E-state index contributed by atoms with van der Waals surface area (Å²) in [5.41, 5.74) is 0. The molecule has 2 nitrogen and oxygen atoms in total. The summed E-state index contributed by atoms with van der Waals surface area (Å²) < 4.78 is 0. The smallest absolute Gasteiger partial charge is 0.148 e. The zero-order valence-electron chi connectivity index (χ0n) is 7.88. The van der Waals surface area contributed by atoms with Crippen LogP contribution in [0.3, 0.4) is 0 Å². The first-order valence-corrected chi connectivity index (χ1v) is 5.73. The number of thioether (sulfide) groups is 1. The minimum atomic E-state index is 0.406. The van der Waals surface area contributed by atoms with Gasteiger partial charge >= 0.3 is 0 Å². The third kappa shape index (κ3) is 2.79. The van der Waals surface area contributed by atoms with Crippen molar-refractivity contribution in [1.82, 2.24) is 4.90 Å². The van der Waals surface area contributed by atoms with Gasteiger partial charge in [0.25, 0.3) is 0 Å². The molecule has 0 aromatic carbocycles. The summed E-state index contributed by atoms with van der Waals surface area (Å²) in [5.74, 6) is 2.74. The first kappa shape index (κ1) is 10.1. The van der Waals surface area contributed by atoms with E-state index in [0.717, 1.165) is 18.7 Å². The highest BCUT2D eigenvalue weighted by Gasteiger charge is 2.23. The number of nitrogens with zero attached hydrogens (tertiary/aromatic N) is 1. The highest BCUT2D eigenvalue weighted by atomic mass is 32.2. The molecular weight excluding hydrogens is 170 g/mol. The van der Waals surface area contributed by atoms with E-state index in [1.807, 2.05) is 11.8 Å². The van der Waals surface area contributed by atoms with Crippen molar-refractivity contribution in [3.63, 3.8) is 0 Å². The van der Waals surface area contributed by atoms with Crippen LogP contribution in [0.1, 0.15) is 20.3 Å². The minimum Gasteiger partial charge on any atom is -0.298 e. The lowest BCUT2D eigenvalue weighted by Crippen LogP contribution is -2.32. The Labute approximate surface area is 78.7 Å². The van der Waals surface area contributed by atoms with Crippen molar-refractivity contribution >= 4 is 17.5 Å². The molecule has 0 aromatic rings. The summed E-state index contributed by atoms with van der Waals surface area (Å²) in [6.45, 7) is 6.05. The molecule has 1 fully saturated rings. The van der Waals surface area contributed by atoms with Gasteiger partial charge in [-0.3, -0.25) is 9.69 Å². The normalized spacial score (nSPS) is 21.7. The van der Waals surface area contributed by atoms with Gasteiger partial charge in [0.1, 0.15) is 5.78 Å². The molecule has 0 bridgehead atoms. The third-order valence-corrected chi connectivity index (χ3v) is 3.37. The van der Waals surface area contributed by atoms with E-state index in [1.165, 1.54) is 5.75 Å². The Morgan fingerprint density at radius 1 is 1.67 bits per heavy atom. The summed E-state index contributed by atoms with van der Waals surface area (Å²) in [7, 11) is 0. The lowest BCUT2D eigenvalue weighted by atomic mass is 10.3. The highest BCUT2D eigenvalue weighted by Crippen LogP contribution is 2.13. The van der Waals surface area contributed by atoms with Crippen molar-refractivity contribution in [2.45, 2.75) is 26.3 Å². The predicted molar refractivity (Wildman–Crippen MR) is 53.7 cm³/mol. The first-order valence-electron chi connectivity index (χ1n) is 4.57. The van der Waals surface area contributed by atoms with Gasteiger partial charge in [0.05, 0.1) is 6.54 Å². The first-order chi connectivity index (χ1) is 5.74. The van der Waals surface area contributed by atoms with Crippen molar-refractivity contribution in [1.29, 1.82) is 0 Å². The van der Waals surface area contributed by atoms with E-state index in [4.69, 9.17) is 0 Å². The third-order valence-electron chi connectivity index (χ3n) is 2.24. The topological polar surface area (TPSA) is 20.3 Å². The van der Waals surface area contributed by atoms with Crippen LogP contribution >= 0.6 is 11.8 Å². The summed E-state index contributed by atoms with van der Waals surface area (Å²) in [6, 6.07) is 0.571. The number of likely N-dealkylation sites (tertiary alicyclic amines) is 1. The van der Waals surface area contributed by atoms with E-state index in [2.05, 4.69) is 18.7 Å². The maximum atomic E-state index is 11.0. The van der Waals surface area contributed by atoms with Gasteiger partial charge < -0.3 is 0 Å². The van der Waals surface area contributed by atoms with Gasteiger partial charge in [-0.2, -0.15) is 11.8 Å². The number of carbonyl (C=O) groups excluding carboxylic acids is 1. The molecule has 1 unspecified atom stereocenters. The van der Waals surface area contributed by atoms with Gasteiger partial charge in [0.15, 0.2) is 0 Å². The Hall–Kier alpha value is -0.0200. The van der Waals surface area contributed by atoms with E-state index in [-0.39, 0.29) is 0 Å². The summed E-state index contributed by atoms with van der Waals surface area (Å²) in [6.07, 6.45) is 0.765. The second kappa shape index (κ2) is 4.87. The van der Waals surface area contributed by atoms with Gasteiger partial charge in [0.2, 0.25) is 0 Å². The van der Waals surface area contributed by atoms with E-state index in [9.17, 15) is 4.79 Å². The molecule has 0 amide bonds. The number of rotatable bonds is 4. The van der Waals surface area contributed by atoms with Crippen LogP contribution in [0.4, 0.5) is 0 Å². The fourth-order valence-corrected chi connectivity index (χ4v) is 2.21. The number of hydrogen-bond acceptors (Lipinski definition) is 3. The molecule has 0 aromatic heterocycles. The van der Waals surface area contributed by atoms with E-state index in [1.54, 1.807) is 0 Å². The van der Waals surface area contributed by atoms with Crippen LogP contribution in [0.5, 0.6) is 0 Å². The van der Waals surface area contributed by atoms with Crippen LogP contribution in [0, 0.1) is 0 Å². The van der Waals surface area contributed by atoms with Crippen LogP contribution in [0.15, 0.2) is 0 Å². The summed E-state index contributed by atoms with van der Waals surface area (Å²) in [5, 5.41) is 0. The monoisotopic (exact) mass is 187 g/mol.